The molecule has 0 spiro atoms. The lowest BCUT2D eigenvalue weighted by Gasteiger charge is -2.28. The average Bonchev–Trinajstić information content (AvgIpc) is 3.19. The van der Waals surface area contributed by atoms with Crippen molar-refractivity contribution in [2.45, 2.75) is 64.2 Å². The number of fused-ring (bicyclic) bond motifs is 1. The molecule has 0 aromatic rings. The van der Waals surface area contributed by atoms with Gasteiger partial charge in [0.25, 0.3) is 0 Å². The molecule has 27 heavy (non-hydrogen) atoms. The molecule has 0 heterocycles. The van der Waals surface area contributed by atoms with Gasteiger partial charge in [-0.2, -0.15) is 0 Å². The first-order valence-electron chi connectivity index (χ1n) is 9.72. The number of ketones is 1. The van der Waals surface area contributed by atoms with Gasteiger partial charge in [-0.3, -0.25) is 13.9 Å². The van der Waals surface area contributed by atoms with Gasteiger partial charge in [0.2, 0.25) is 0 Å². The smallest absolute Gasteiger partial charge is 0.312 e. The minimum atomic E-state index is -3.83. The highest BCUT2D eigenvalue weighted by molar-refractivity contribution is 7.62. The largest absolute Gasteiger partial charge is 0.345 e. The monoisotopic (exact) mass is 424 g/mol. The number of rotatable bonds is 12. The molecule has 3 atom stereocenters. The van der Waals surface area contributed by atoms with Gasteiger partial charge in [0.1, 0.15) is 5.16 Å². The molecule has 2 saturated carbocycles. The Morgan fingerprint density at radius 3 is 1.89 bits per heavy atom. The SMILES string of the molecule is COP(=O)(OC)[C@H]1[C@H]2CCC(=O)[C@]21P(=O)(OCCC(C)C)OCCC(C)C. The van der Waals surface area contributed by atoms with Crippen molar-refractivity contribution in [2.24, 2.45) is 17.8 Å². The third kappa shape index (κ3) is 4.15. The van der Waals surface area contributed by atoms with E-state index in [9.17, 15) is 13.9 Å². The summed E-state index contributed by atoms with van der Waals surface area (Å²) in [6.07, 6.45) is 2.19. The molecular weight excluding hydrogens is 390 g/mol. The highest BCUT2D eigenvalue weighted by Crippen LogP contribution is 2.86. The van der Waals surface area contributed by atoms with Crippen LogP contribution in [0.3, 0.4) is 0 Å². The molecule has 2 aliphatic rings. The van der Waals surface area contributed by atoms with Crippen molar-refractivity contribution in [3.8, 4) is 0 Å². The Bertz CT molecular complexity index is 607. The van der Waals surface area contributed by atoms with Gasteiger partial charge in [0.05, 0.1) is 18.9 Å². The van der Waals surface area contributed by atoms with E-state index in [2.05, 4.69) is 0 Å². The van der Waals surface area contributed by atoms with E-state index in [0.717, 1.165) is 0 Å². The molecule has 0 bridgehead atoms. The van der Waals surface area contributed by atoms with E-state index < -0.39 is 26.0 Å². The first-order valence-corrected chi connectivity index (χ1v) is 12.9. The molecule has 0 aliphatic heterocycles. The minimum Gasteiger partial charge on any atom is -0.312 e. The Kier molecular flexibility index (Phi) is 7.55. The van der Waals surface area contributed by atoms with E-state index >= 15 is 0 Å². The topological polar surface area (TPSA) is 88.1 Å². The van der Waals surface area contributed by atoms with Gasteiger partial charge in [0, 0.05) is 26.6 Å². The van der Waals surface area contributed by atoms with Gasteiger partial charge < -0.3 is 18.1 Å². The molecule has 0 radical (unpaired) electrons. The molecule has 0 aromatic heterocycles. The van der Waals surface area contributed by atoms with Gasteiger partial charge >= 0.3 is 15.2 Å². The second-order valence-corrected chi connectivity index (χ2v) is 12.9. The predicted octanol–water partition coefficient (Wildman–Crippen LogP) is 4.89. The Balaban J connectivity index is 2.34. The summed E-state index contributed by atoms with van der Waals surface area (Å²) in [6.45, 7) is 8.63. The van der Waals surface area contributed by atoms with Crippen molar-refractivity contribution in [3.63, 3.8) is 0 Å². The zero-order valence-electron chi connectivity index (χ0n) is 17.3. The van der Waals surface area contributed by atoms with Crippen LogP contribution < -0.4 is 0 Å². The summed E-state index contributed by atoms with van der Waals surface area (Å²) in [5.74, 6) is 0.172. The normalized spacial score (nSPS) is 28.2. The predicted molar refractivity (Wildman–Crippen MR) is 104 cm³/mol. The number of hydrogen-bond acceptors (Lipinski definition) is 7. The lowest BCUT2D eigenvalue weighted by atomic mass is 10.2. The van der Waals surface area contributed by atoms with Gasteiger partial charge in [0.15, 0.2) is 5.78 Å². The van der Waals surface area contributed by atoms with E-state index in [1.54, 1.807) is 0 Å². The quantitative estimate of drug-likeness (QED) is 0.412. The molecule has 2 rings (SSSR count). The molecule has 7 nitrogen and oxygen atoms in total. The second kappa shape index (κ2) is 8.77. The third-order valence-corrected chi connectivity index (χ3v) is 11.1. The molecule has 0 amide bonds. The lowest BCUT2D eigenvalue weighted by molar-refractivity contribution is -0.118. The van der Waals surface area contributed by atoms with E-state index in [1.165, 1.54) is 14.2 Å². The third-order valence-electron chi connectivity index (χ3n) is 5.63. The van der Waals surface area contributed by atoms with Crippen molar-refractivity contribution in [1.29, 1.82) is 0 Å². The maximum Gasteiger partial charge on any atom is 0.345 e. The van der Waals surface area contributed by atoms with E-state index in [-0.39, 0.29) is 24.9 Å². The molecule has 0 aromatic carbocycles. The number of Topliss-reactive ketones (excluding diaryl/α,β-unsaturated/α-hetero) is 1. The Hall–Kier alpha value is -0.0300. The van der Waals surface area contributed by atoms with Crippen molar-refractivity contribution in [2.75, 3.05) is 27.4 Å². The summed E-state index contributed by atoms with van der Waals surface area (Å²) >= 11 is 0. The van der Waals surface area contributed by atoms with Crippen LogP contribution >= 0.6 is 15.2 Å². The maximum absolute atomic E-state index is 13.9. The molecule has 0 unspecified atom stereocenters. The van der Waals surface area contributed by atoms with E-state index in [1.807, 2.05) is 27.7 Å². The van der Waals surface area contributed by atoms with Crippen LogP contribution in [-0.4, -0.2) is 44.0 Å². The highest BCUT2D eigenvalue weighted by Gasteiger charge is 2.87. The minimum absolute atomic E-state index is 0.204. The summed E-state index contributed by atoms with van der Waals surface area (Å²) in [4.78, 5) is 12.9. The van der Waals surface area contributed by atoms with Crippen molar-refractivity contribution in [3.05, 3.63) is 0 Å². The standard InChI is InChI=1S/C18H34O7P2/c1-13(2)9-11-24-27(21,25-12-10-14(3)4)18-15(7-8-16(18)19)17(18)26(20,22-5)23-6/h13-15,17H,7-12H2,1-6H3/t15-,17+,18-/m1/s1. The van der Waals surface area contributed by atoms with Crippen LogP contribution in [0.1, 0.15) is 53.4 Å². The number of hydrogen-bond donors (Lipinski definition) is 0. The van der Waals surface area contributed by atoms with Crippen LogP contribution in [0.5, 0.6) is 0 Å². The van der Waals surface area contributed by atoms with E-state index in [0.29, 0.717) is 37.5 Å². The fraction of sp³-hybridized carbons (Fsp3) is 0.944. The summed E-state index contributed by atoms with van der Waals surface area (Å²) in [6, 6.07) is 0. The molecule has 0 saturated heterocycles. The first kappa shape index (κ1) is 23.3. The maximum atomic E-state index is 13.9. The lowest BCUT2D eigenvalue weighted by Crippen LogP contribution is -2.29. The van der Waals surface area contributed by atoms with Crippen molar-refractivity contribution >= 4 is 21.0 Å². The second-order valence-electron chi connectivity index (χ2n) is 8.27. The molecule has 2 aliphatic carbocycles. The van der Waals surface area contributed by atoms with Gasteiger partial charge in [-0.05, 0) is 31.1 Å². The average molecular weight is 424 g/mol. The summed E-state index contributed by atoms with van der Waals surface area (Å²) in [5.41, 5.74) is -0.759. The molecular formula is C18H34O7P2. The van der Waals surface area contributed by atoms with Gasteiger partial charge in [-0.25, -0.2) is 0 Å². The number of carbonyl (C=O) groups is 1. The fourth-order valence-electron chi connectivity index (χ4n) is 4.01. The van der Waals surface area contributed by atoms with Crippen LogP contribution in [0.4, 0.5) is 0 Å². The van der Waals surface area contributed by atoms with Crippen LogP contribution in [0.15, 0.2) is 0 Å². The highest BCUT2D eigenvalue weighted by atomic mass is 31.2. The molecule has 9 heteroatoms. The molecule has 158 valence electrons. The van der Waals surface area contributed by atoms with E-state index in [4.69, 9.17) is 18.1 Å². The Morgan fingerprint density at radius 1 is 1.00 bits per heavy atom. The number of carbonyl (C=O) groups excluding carboxylic acids is 1. The Labute approximate surface area is 162 Å². The van der Waals surface area contributed by atoms with Crippen molar-refractivity contribution in [1.82, 2.24) is 0 Å². The van der Waals surface area contributed by atoms with Crippen LogP contribution in [0.2, 0.25) is 0 Å². The summed E-state index contributed by atoms with van der Waals surface area (Å²) in [7, 11) is -4.82. The van der Waals surface area contributed by atoms with Gasteiger partial charge in [-0.1, -0.05) is 27.7 Å². The molecule has 0 N–H and O–H groups in total. The van der Waals surface area contributed by atoms with Crippen LogP contribution in [-0.2, 0) is 32.0 Å². The zero-order valence-corrected chi connectivity index (χ0v) is 19.1. The fourth-order valence-corrected chi connectivity index (χ4v) is 9.86. The summed E-state index contributed by atoms with van der Waals surface area (Å²) < 4.78 is 48.9. The zero-order chi connectivity index (χ0) is 20.5. The van der Waals surface area contributed by atoms with Crippen LogP contribution in [0, 0.1) is 17.8 Å². The Morgan fingerprint density at radius 2 is 1.48 bits per heavy atom. The first-order chi connectivity index (χ1) is 12.6. The summed E-state index contributed by atoms with van der Waals surface area (Å²) in [5, 5.41) is -1.39. The van der Waals surface area contributed by atoms with Crippen LogP contribution in [0.25, 0.3) is 0 Å². The van der Waals surface area contributed by atoms with Crippen molar-refractivity contribution < 1.29 is 32.0 Å². The molecule has 2 fully saturated rings. The van der Waals surface area contributed by atoms with Gasteiger partial charge in [-0.15, -0.1) is 0 Å².